The van der Waals surface area contributed by atoms with Gasteiger partial charge in [-0.05, 0) is 18.1 Å². The van der Waals surface area contributed by atoms with Gasteiger partial charge in [0.25, 0.3) is 0 Å². The number of carbonyl (C=O) groups excluding carboxylic acids is 1. The van der Waals surface area contributed by atoms with Gasteiger partial charge in [0.15, 0.2) is 0 Å². The van der Waals surface area contributed by atoms with Crippen molar-refractivity contribution in [3.8, 4) is 0 Å². The van der Waals surface area contributed by atoms with E-state index in [0.29, 0.717) is 26.2 Å². The lowest BCUT2D eigenvalue weighted by Gasteiger charge is -2.37. The summed E-state index contributed by atoms with van der Waals surface area (Å²) >= 11 is 0. The van der Waals surface area contributed by atoms with Crippen LogP contribution < -0.4 is 10.6 Å². The summed E-state index contributed by atoms with van der Waals surface area (Å²) in [6.07, 6.45) is -3.10. The number of amides is 1. The molecule has 0 spiro atoms. The molecule has 8 heteroatoms. The number of pyridine rings is 1. The molecule has 1 aromatic rings. The van der Waals surface area contributed by atoms with Gasteiger partial charge in [0.2, 0.25) is 5.91 Å². The van der Waals surface area contributed by atoms with Crippen LogP contribution in [0.3, 0.4) is 0 Å². The number of carbonyl (C=O) groups is 1. The smallest absolute Gasteiger partial charge is 0.353 e. The van der Waals surface area contributed by atoms with Gasteiger partial charge in [-0.3, -0.25) is 4.79 Å². The molecule has 2 N–H and O–H groups in total. The summed E-state index contributed by atoms with van der Waals surface area (Å²) in [5.41, 5.74) is 5.10. The van der Waals surface area contributed by atoms with Crippen molar-refractivity contribution in [1.29, 1.82) is 0 Å². The number of nitrogens with zero attached hydrogens (tertiary/aromatic N) is 3. The molecule has 2 rings (SSSR count). The van der Waals surface area contributed by atoms with Crippen LogP contribution in [0.5, 0.6) is 0 Å². The van der Waals surface area contributed by atoms with Crippen LogP contribution in [0, 0.1) is 5.92 Å². The largest absolute Gasteiger partial charge is 0.419 e. The van der Waals surface area contributed by atoms with E-state index in [-0.39, 0.29) is 17.6 Å². The number of halogens is 3. The third-order valence-electron chi connectivity index (χ3n) is 3.99. The zero-order valence-electron chi connectivity index (χ0n) is 13.2. The Hall–Kier alpha value is -1.83. The summed E-state index contributed by atoms with van der Waals surface area (Å²) in [5.74, 6) is -0.217. The average molecular weight is 330 g/mol. The second kappa shape index (κ2) is 6.74. The summed E-state index contributed by atoms with van der Waals surface area (Å²) in [6, 6.07) is 1.71. The van der Waals surface area contributed by atoms with E-state index >= 15 is 0 Å². The minimum Gasteiger partial charge on any atom is -0.353 e. The van der Waals surface area contributed by atoms with Gasteiger partial charge in [-0.2, -0.15) is 13.2 Å². The van der Waals surface area contributed by atoms with Gasteiger partial charge in [-0.15, -0.1) is 0 Å². The van der Waals surface area contributed by atoms with Gasteiger partial charge in [0, 0.05) is 32.4 Å². The molecule has 1 aliphatic rings. The third-order valence-corrected chi connectivity index (χ3v) is 3.99. The first-order chi connectivity index (χ1) is 10.7. The van der Waals surface area contributed by atoms with Crippen molar-refractivity contribution in [2.24, 2.45) is 11.7 Å². The highest BCUT2D eigenvalue weighted by molar-refractivity contribution is 5.82. The Morgan fingerprint density at radius 1 is 1.26 bits per heavy atom. The van der Waals surface area contributed by atoms with Crippen LogP contribution in [-0.4, -0.2) is 48.0 Å². The molecule has 0 aromatic carbocycles. The van der Waals surface area contributed by atoms with E-state index < -0.39 is 17.8 Å². The number of rotatable bonds is 3. The fourth-order valence-electron chi connectivity index (χ4n) is 2.50. The Bertz CT molecular complexity index is 554. The lowest BCUT2D eigenvalue weighted by atomic mass is 10.0. The normalized spacial score (nSPS) is 17.5. The van der Waals surface area contributed by atoms with E-state index in [1.165, 1.54) is 12.3 Å². The molecule has 0 radical (unpaired) electrons. The maximum absolute atomic E-state index is 13.1. The molecular weight excluding hydrogens is 309 g/mol. The number of aromatic nitrogens is 1. The average Bonchev–Trinajstić information content (AvgIpc) is 2.52. The second-order valence-electron chi connectivity index (χ2n) is 5.95. The first kappa shape index (κ1) is 17.5. The molecule has 0 bridgehead atoms. The summed E-state index contributed by atoms with van der Waals surface area (Å²) in [5, 5.41) is 0. The Balaban J connectivity index is 2.07. The maximum Gasteiger partial charge on any atom is 0.419 e. The highest BCUT2D eigenvalue weighted by Crippen LogP contribution is 2.35. The number of hydrogen-bond donors (Lipinski definition) is 1. The summed E-state index contributed by atoms with van der Waals surface area (Å²) in [7, 11) is 0. The molecule has 1 atom stereocenters. The summed E-state index contributed by atoms with van der Waals surface area (Å²) in [4.78, 5) is 19.2. The van der Waals surface area contributed by atoms with Crippen LogP contribution in [0.15, 0.2) is 18.3 Å². The monoisotopic (exact) mass is 330 g/mol. The minimum absolute atomic E-state index is 0.0214. The molecule has 5 nitrogen and oxygen atoms in total. The lowest BCUT2D eigenvalue weighted by Crippen LogP contribution is -2.54. The molecule has 1 aromatic heterocycles. The molecule has 0 saturated carbocycles. The number of piperazine rings is 1. The Morgan fingerprint density at radius 3 is 2.39 bits per heavy atom. The quantitative estimate of drug-likeness (QED) is 0.917. The van der Waals surface area contributed by atoms with Crippen molar-refractivity contribution < 1.29 is 18.0 Å². The van der Waals surface area contributed by atoms with Crippen molar-refractivity contribution >= 4 is 11.7 Å². The Morgan fingerprint density at radius 2 is 1.87 bits per heavy atom. The summed E-state index contributed by atoms with van der Waals surface area (Å²) < 4.78 is 39.2. The van der Waals surface area contributed by atoms with Crippen LogP contribution in [0.25, 0.3) is 0 Å². The summed E-state index contributed by atoms with van der Waals surface area (Å²) in [6.45, 7) is 5.01. The standard InChI is InChI=1S/C15H21F3N4O/c1-10(2)12(19)14(23)22-8-6-21(7-9-22)13-11(15(16,17)18)4-3-5-20-13/h3-5,10,12H,6-9,19H2,1-2H3. The first-order valence-electron chi connectivity index (χ1n) is 7.53. The molecule has 23 heavy (non-hydrogen) atoms. The molecule has 1 saturated heterocycles. The number of nitrogens with two attached hydrogens (primary N) is 1. The Labute approximate surface area is 133 Å². The highest BCUT2D eigenvalue weighted by atomic mass is 19.4. The van der Waals surface area contributed by atoms with Crippen LogP contribution >= 0.6 is 0 Å². The van der Waals surface area contributed by atoms with Gasteiger partial charge in [-0.1, -0.05) is 13.8 Å². The van der Waals surface area contributed by atoms with Gasteiger partial charge in [0.1, 0.15) is 5.82 Å². The molecule has 1 unspecified atom stereocenters. The van der Waals surface area contributed by atoms with E-state index in [0.717, 1.165) is 6.07 Å². The fraction of sp³-hybridized carbons (Fsp3) is 0.600. The van der Waals surface area contributed by atoms with E-state index in [4.69, 9.17) is 5.73 Å². The first-order valence-corrected chi connectivity index (χ1v) is 7.53. The van der Waals surface area contributed by atoms with E-state index in [1.807, 2.05) is 13.8 Å². The van der Waals surface area contributed by atoms with Crippen molar-refractivity contribution in [1.82, 2.24) is 9.88 Å². The molecular formula is C15H21F3N4O. The topological polar surface area (TPSA) is 62.5 Å². The van der Waals surface area contributed by atoms with Crippen LogP contribution in [0.4, 0.5) is 19.0 Å². The predicted octanol–water partition coefficient (Wildman–Crippen LogP) is 1.73. The number of hydrogen-bond acceptors (Lipinski definition) is 4. The van der Waals surface area contributed by atoms with E-state index in [9.17, 15) is 18.0 Å². The molecule has 0 aliphatic carbocycles. The third kappa shape index (κ3) is 3.93. The number of alkyl halides is 3. The van der Waals surface area contributed by atoms with Crippen LogP contribution in [-0.2, 0) is 11.0 Å². The van der Waals surface area contributed by atoms with Gasteiger partial charge in [-0.25, -0.2) is 4.98 Å². The fourth-order valence-corrected chi connectivity index (χ4v) is 2.50. The van der Waals surface area contributed by atoms with Crippen LogP contribution in [0.1, 0.15) is 19.4 Å². The maximum atomic E-state index is 13.1. The zero-order chi connectivity index (χ0) is 17.2. The molecule has 1 fully saturated rings. The molecule has 2 heterocycles. The van der Waals surface area contributed by atoms with E-state index in [1.54, 1.807) is 9.80 Å². The SMILES string of the molecule is CC(C)C(N)C(=O)N1CCN(c2ncccc2C(F)(F)F)CC1. The van der Waals surface area contributed by atoms with Crippen molar-refractivity contribution in [3.63, 3.8) is 0 Å². The van der Waals surface area contributed by atoms with Crippen molar-refractivity contribution in [3.05, 3.63) is 23.9 Å². The van der Waals surface area contributed by atoms with E-state index in [2.05, 4.69) is 4.98 Å². The lowest BCUT2D eigenvalue weighted by molar-refractivity contribution is -0.138. The van der Waals surface area contributed by atoms with Gasteiger partial charge < -0.3 is 15.5 Å². The minimum atomic E-state index is -4.45. The second-order valence-corrected chi connectivity index (χ2v) is 5.95. The van der Waals surface area contributed by atoms with Crippen LogP contribution in [0.2, 0.25) is 0 Å². The highest BCUT2D eigenvalue weighted by Gasteiger charge is 2.36. The zero-order valence-corrected chi connectivity index (χ0v) is 13.2. The molecule has 1 aliphatic heterocycles. The predicted molar refractivity (Wildman–Crippen MR) is 80.8 cm³/mol. The molecule has 1 amide bonds. The van der Waals surface area contributed by atoms with Crippen molar-refractivity contribution in [2.75, 3.05) is 31.1 Å². The van der Waals surface area contributed by atoms with Gasteiger partial charge in [0.05, 0.1) is 11.6 Å². The van der Waals surface area contributed by atoms with Gasteiger partial charge >= 0.3 is 6.18 Å². The molecule has 128 valence electrons. The number of anilines is 1. The van der Waals surface area contributed by atoms with Crippen molar-refractivity contribution in [2.45, 2.75) is 26.1 Å². The Kier molecular flexibility index (Phi) is 5.13.